The molecule has 3 N–H and O–H groups in total. The van der Waals surface area contributed by atoms with E-state index in [9.17, 15) is 9.18 Å². The number of rotatable bonds is 8. The lowest BCUT2D eigenvalue weighted by molar-refractivity contribution is -0.118. The maximum absolute atomic E-state index is 15.0. The van der Waals surface area contributed by atoms with E-state index in [1.165, 1.54) is 11.3 Å². The highest BCUT2D eigenvalue weighted by molar-refractivity contribution is 7.13. The predicted molar refractivity (Wildman–Crippen MR) is 95.6 cm³/mol. The molecule has 1 heterocycles. The van der Waals surface area contributed by atoms with Gasteiger partial charge in [-0.3, -0.25) is 4.79 Å². The van der Waals surface area contributed by atoms with Crippen molar-refractivity contribution in [3.63, 3.8) is 0 Å². The molecule has 6 nitrogen and oxygen atoms in total. The molecule has 0 spiro atoms. The molecule has 0 fully saturated rings. The van der Waals surface area contributed by atoms with Crippen molar-refractivity contribution in [1.82, 2.24) is 15.5 Å². The third-order valence-corrected chi connectivity index (χ3v) is 4.57. The molecule has 1 aromatic heterocycles. The number of primary amides is 1. The number of carbonyl (C=O) groups excluding carboxylic acids is 1. The summed E-state index contributed by atoms with van der Waals surface area (Å²) in [6, 6.07) is 2.68. The van der Waals surface area contributed by atoms with Crippen molar-refractivity contribution in [3.8, 4) is 10.9 Å². The largest absolute Gasteiger partial charge is 0.425 e. The lowest BCUT2D eigenvalue weighted by Gasteiger charge is -2.23. The van der Waals surface area contributed by atoms with Crippen LogP contribution in [-0.4, -0.2) is 22.1 Å². The normalized spacial score (nSPS) is 13.5. The lowest BCUT2D eigenvalue weighted by Crippen LogP contribution is -2.34. The van der Waals surface area contributed by atoms with Gasteiger partial charge in [-0.2, -0.15) is 0 Å². The molecule has 0 saturated heterocycles. The van der Waals surface area contributed by atoms with Gasteiger partial charge < -0.3 is 15.8 Å². The summed E-state index contributed by atoms with van der Waals surface area (Å²) in [4.78, 5) is 11.0. The number of carbonyl (C=O) groups is 1. The number of halogens is 2. The van der Waals surface area contributed by atoms with Gasteiger partial charge in [0.05, 0.1) is 5.02 Å². The van der Waals surface area contributed by atoms with Crippen molar-refractivity contribution in [3.05, 3.63) is 33.5 Å². The number of nitrogens with one attached hydrogen (secondary N) is 1. The van der Waals surface area contributed by atoms with E-state index in [4.69, 9.17) is 22.1 Å². The summed E-state index contributed by atoms with van der Waals surface area (Å²) in [5, 5.41) is 11.9. The molecule has 0 unspecified atom stereocenters. The van der Waals surface area contributed by atoms with Crippen LogP contribution in [0, 0.1) is 12.7 Å². The van der Waals surface area contributed by atoms with E-state index in [-0.39, 0.29) is 34.5 Å². The average Bonchev–Trinajstić information content (AvgIpc) is 2.94. The number of aryl methyl sites for hydroxylation is 1. The summed E-state index contributed by atoms with van der Waals surface area (Å²) < 4.78 is 20.5. The lowest BCUT2D eigenvalue weighted by atomic mass is 10.0. The molecule has 0 bridgehead atoms. The molecule has 9 heteroatoms. The molecule has 25 heavy (non-hydrogen) atoms. The second kappa shape index (κ2) is 8.55. The molecule has 136 valence electrons. The Kier molecular flexibility index (Phi) is 6.69. The van der Waals surface area contributed by atoms with Gasteiger partial charge in [-0.25, -0.2) is 4.39 Å². The first-order chi connectivity index (χ1) is 11.8. The van der Waals surface area contributed by atoms with Gasteiger partial charge in [-0.05, 0) is 26.3 Å². The molecular weight excluding hydrogens is 367 g/mol. The Bertz CT molecular complexity index is 756. The molecule has 0 aliphatic carbocycles. The monoisotopic (exact) mass is 386 g/mol. The van der Waals surface area contributed by atoms with Gasteiger partial charge in [-0.15, -0.1) is 5.10 Å². The highest BCUT2D eigenvalue weighted by Crippen LogP contribution is 2.37. The van der Waals surface area contributed by atoms with Crippen LogP contribution in [0.1, 0.15) is 43.3 Å². The van der Waals surface area contributed by atoms with Crippen molar-refractivity contribution in [2.75, 3.05) is 0 Å². The van der Waals surface area contributed by atoms with E-state index >= 15 is 0 Å². The standard InChI is InChI=1S/C16H20ClFN4O2S/c1-4-12(20-8(2)7-13(19)23)10-5-6-11(17)15(14(10)18)24-16-22-21-9(3)25-16/h5-6,8,12,20H,4,7H2,1-3H3,(H2,19,23)/t8-,12+/m0/s1. The summed E-state index contributed by atoms with van der Waals surface area (Å²) in [5.41, 5.74) is 5.61. The second-order valence-electron chi connectivity index (χ2n) is 5.67. The number of hydrogen-bond acceptors (Lipinski definition) is 6. The molecule has 0 aliphatic rings. The van der Waals surface area contributed by atoms with Crippen LogP contribution in [0.15, 0.2) is 12.1 Å². The third-order valence-electron chi connectivity index (χ3n) is 3.55. The number of ether oxygens (including phenoxy) is 1. The molecule has 0 saturated carbocycles. The van der Waals surface area contributed by atoms with Gasteiger partial charge in [0, 0.05) is 24.1 Å². The van der Waals surface area contributed by atoms with Crippen LogP contribution in [0.2, 0.25) is 5.02 Å². The van der Waals surface area contributed by atoms with Crippen molar-refractivity contribution < 1.29 is 13.9 Å². The summed E-state index contributed by atoms with van der Waals surface area (Å²) in [6.07, 6.45) is 0.776. The Morgan fingerprint density at radius 1 is 1.48 bits per heavy atom. The first-order valence-electron chi connectivity index (χ1n) is 7.82. The van der Waals surface area contributed by atoms with Crippen molar-refractivity contribution in [1.29, 1.82) is 0 Å². The third kappa shape index (κ3) is 5.10. The molecule has 0 radical (unpaired) electrons. The smallest absolute Gasteiger partial charge is 0.299 e. The van der Waals surface area contributed by atoms with Crippen LogP contribution in [0.4, 0.5) is 4.39 Å². The molecular formula is C16H20ClFN4O2S. The van der Waals surface area contributed by atoms with Gasteiger partial charge in [0.1, 0.15) is 5.01 Å². The quantitative estimate of drug-likeness (QED) is 0.721. The Morgan fingerprint density at radius 2 is 2.20 bits per heavy atom. The van der Waals surface area contributed by atoms with Gasteiger partial charge in [0.2, 0.25) is 5.91 Å². The minimum absolute atomic E-state index is 0.0851. The van der Waals surface area contributed by atoms with Crippen molar-refractivity contribution in [2.45, 2.75) is 45.7 Å². The number of nitrogens with two attached hydrogens (primary N) is 1. The zero-order chi connectivity index (χ0) is 18.6. The topological polar surface area (TPSA) is 90.1 Å². The first kappa shape index (κ1) is 19.6. The Labute approximate surface area is 154 Å². The molecule has 1 aromatic carbocycles. The molecule has 2 rings (SSSR count). The highest BCUT2D eigenvalue weighted by atomic mass is 35.5. The SMILES string of the molecule is CC[C@@H](N[C@@H](C)CC(N)=O)c1ccc(Cl)c(Oc2nnc(C)s2)c1F. The fourth-order valence-electron chi connectivity index (χ4n) is 2.45. The van der Waals surface area contributed by atoms with Gasteiger partial charge in [0.15, 0.2) is 11.6 Å². The molecule has 2 atom stereocenters. The maximum atomic E-state index is 15.0. The molecule has 1 amide bonds. The summed E-state index contributed by atoms with van der Waals surface area (Å²) in [7, 11) is 0. The summed E-state index contributed by atoms with van der Waals surface area (Å²) in [5.74, 6) is -1.06. The number of nitrogens with zero attached hydrogens (tertiary/aromatic N) is 2. The van der Waals surface area contributed by atoms with E-state index < -0.39 is 11.7 Å². The minimum atomic E-state index is -0.564. The number of aromatic nitrogens is 2. The van der Waals surface area contributed by atoms with Crippen LogP contribution in [0.25, 0.3) is 0 Å². The van der Waals surface area contributed by atoms with Crippen LogP contribution >= 0.6 is 22.9 Å². The zero-order valence-corrected chi connectivity index (χ0v) is 15.7. The Morgan fingerprint density at radius 3 is 2.76 bits per heavy atom. The van der Waals surface area contributed by atoms with E-state index in [1.54, 1.807) is 19.1 Å². The van der Waals surface area contributed by atoms with Crippen molar-refractivity contribution in [2.24, 2.45) is 5.73 Å². The first-order valence-corrected chi connectivity index (χ1v) is 9.01. The molecule has 0 aliphatic heterocycles. The van der Waals surface area contributed by atoms with E-state index in [0.717, 1.165) is 0 Å². The average molecular weight is 387 g/mol. The fourth-order valence-corrected chi connectivity index (χ4v) is 3.17. The zero-order valence-electron chi connectivity index (χ0n) is 14.2. The predicted octanol–water partition coefficient (Wildman–Crippen LogP) is 3.74. The number of amides is 1. The second-order valence-corrected chi connectivity index (χ2v) is 7.22. The molecule has 2 aromatic rings. The van der Waals surface area contributed by atoms with Gasteiger partial charge in [-0.1, -0.05) is 41.0 Å². The van der Waals surface area contributed by atoms with E-state index in [0.29, 0.717) is 17.0 Å². The Hall–Kier alpha value is -1.77. The van der Waals surface area contributed by atoms with Gasteiger partial charge >= 0.3 is 0 Å². The van der Waals surface area contributed by atoms with Gasteiger partial charge in [0.25, 0.3) is 5.19 Å². The van der Waals surface area contributed by atoms with Crippen LogP contribution in [0.3, 0.4) is 0 Å². The highest BCUT2D eigenvalue weighted by Gasteiger charge is 2.22. The summed E-state index contributed by atoms with van der Waals surface area (Å²) in [6.45, 7) is 5.51. The van der Waals surface area contributed by atoms with Crippen LogP contribution in [0.5, 0.6) is 10.9 Å². The van der Waals surface area contributed by atoms with E-state index in [1.807, 2.05) is 13.8 Å². The van der Waals surface area contributed by atoms with E-state index in [2.05, 4.69) is 15.5 Å². The number of hydrogen-bond donors (Lipinski definition) is 2. The summed E-state index contributed by atoms with van der Waals surface area (Å²) >= 11 is 7.29. The van der Waals surface area contributed by atoms with Crippen LogP contribution in [-0.2, 0) is 4.79 Å². The fraction of sp³-hybridized carbons (Fsp3) is 0.438. The van der Waals surface area contributed by atoms with Crippen molar-refractivity contribution >= 4 is 28.8 Å². The minimum Gasteiger partial charge on any atom is -0.425 e. The Balaban J connectivity index is 2.27. The number of benzene rings is 1. The maximum Gasteiger partial charge on any atom is 0.299 e. The van der Waals surface area contributed by atoms with Crippen LogP contribution < -0.4 is 15.8 Å².